The minimum atomic E-state index is 0.648. The fourth-order valence-corrected chi connectivity index (χ4v) is 2.05. The first-order valence-corrected chi connectivity index (χ1v) is 5.96. The third kappa shape index (κ3) is 2.41. The Hall–Kier alpha value is -0.810. The van der Waals surface area contributed by atoms with Gasteiger partial charge in [0.15, 0.2) is 0 Å². The van der Waals surface area contributed by atoms with Crippen molar-refractivity contribution < 1.29 is 0 Å². The lowest BCUT2D eigenvalue weighted by Gasteiger charge is -2.04. The van der Waals surface area contributed by atoms with Gasteiger partial charge >= 0.3 is 0 Å². The molecule has 0 saturated heterocycles. The SMILES string of the molecule is Nc1c(Br)cnn1Cc1cccc(Br)c1. The minimum absolute atomic E-state index is 0.648. The molecule has 1 heterocycles. The van der Waals surface area contributed by atoms with Crippen molar-refractivity contribution in [3.05, 3.63) is 45.0 Å². The summed E-state index contributed by atoms with van der Waals surface area (Å²) in [5.41, 5.74) is 6.99. The van der Waals surface area contributed by atoms with Crippen molar-refractivity contribution in [3.63, 3.8) is 0 Å². The molecule has 0 atom stereocenters. The molecular formula is C10H9Br2N3. The van der Waals surface area contributed by atoms with E-state index in [2.05, 4.69) is 43.0 Å². The lowest BCUT2D eigenvalue weighted by Crippen LogP contribution is -2.05. The second-order valence-electron chi connectivity index (χ2n) is 3.17. The molecule has 15 heavy (non-hydrogen) atoms. The van der Waals surface area contributed by atoms with Crippen LogP contribution in [0.25, 0.3) is 0 Å². The fourth-order valence-electron chi connectivity index (χ4n) is 1.31. The Balaban J connectivity index is 2.26. The van der Waals surface area contributed by atoms with Crippen LogP contribution in [0.1, 0.15) is 5.56 Å². The number of nitrogens with zero attached hydrogens (tertiary/aromatic N) is 2. The molecule has 0 amide bonds. The van der Waals surface area contributed by atoms with E-state index in [0.717, 1.165) is 14.5 Å². The number of nitrogen functional groups attached to an aromatic ring is 1. The van der Waals surface area contributed by atoms with Crippen molar-refractivity contribution in [2.24, 2.45) is 0 Å². The maximum absolute atomic E-state index is 5.83. The molecular weight excluding hydrogens is 322 g/mol. The maximum Gasteiger partial charge on any atom is 0.136 e. The average Bonchev–Trinajstić information content (AvgIpc) is 2.50. The first-order valence-electron chi connectivity index (χ1n) is 4.38. The molecule has 0 fully saturated rings. The van der Waals surface area contributed by atoms with Crippen LogP contribution in [0.4, 0.5) is 5.82 Å². The van der Waals surface area contributed by atoms with E-state index in [-0.39, 0.29) is 0 Å². The fraction of sp³-hybridized carbons (Fsp3) is 0.100. The summed E-state index contributed by atoms with van der Waals surface area (Å²) in [5, 5.41) is 4.17. The van der Waals surface area contributed by atoms with Gasteiger partial charge in [0.25, 0.3) is 0 Å². The van der Waals surface area contributed by atoms with E-state index in [4.69, 9.17) is 5.73 Å². The molecule has 5 heteroatoms. The predicted octanol–water partition coefficient (Wildman–Crippen LogP) is 3.04. The topological polar surface area (TPSA) is 43.8 Å². The van der Waals surface area contributed by atoms with Crippen LogP contribution in [0.3, 0.4) is 0 Å². The van der Waals surface area contributed by atoms with E-state index in [1.807, 2.05) is 18.2 Å². The first-order chi connectivity index (χ1) is 7.16. The molecule has 1 aromatic carbocycles. The van der Waals surface area contributed by atoms with E-state index in [1.165, 1.54) is 0 Å². The Morgan fingerprint density at radius 2 is 2.13 bits per heavy atom. The number of nitrogens with two attached hydrogens (primary N) is 1. The van der Waals surface area contributed by atoms with Gasteiger partial charge in [-0.2, -0.15) is 5.10 Å². The van der Waals surface area contributed by atoms with Crippen LogP contribution in [-0.4, -0.2) is 9.78 Å². The van der Waals surface area contributed by atoms with Gasteiger partial charge in [-0.1, -0.05) is 28.1 Å². The summed E-state index contributed by atoms with van der Waals surface area (Å²) in [5.74, 6) is 0.648. The third-order valence-electron chi connectivity index (χ3n) is 2.05. The molecule has 0 bridgehead atoms. The van der Waals surface area contributed by atoms with Gasteiger partial charge in [0.1, 0.15) is 5.82 Å². The summed E-state index contributed by atoms with van der Waals surface area (Å²) in [6.45, 7) is 0.677. The standard InChI is InChI=1S/C10H9Br2N3/c11-8-3-1-2-7(4-8)6-15-10(13)9(12)5-14-15/h1-5H,6,13H2. The molecule has 0 saturated carbocycles. The van der Waals surface area contributed by atoms with Crippen LogP contribution < -0.4 is 5.73 Å². The minimum Gasteiger partial charge on any atom is -0.383 e. The molecule has 2 N–H and O–H groups in total. The van der Waals surface area contributed by atoms with E-state index < -0.39 is 0 Å². The van der Waals surface area contributed by atoms with Crippen LogP contribution in [0.5, 0.6) is 0 Å². The summed E-state index contributed by atoms with van der Waals surface area (Å²) in [4.78, 5) is 0. The highest BCUT2D eigenvalue weighted by Crippen LogP contribution is 2.19. The zero-order chi connectivity index (χ0) is 10.8. The van der Waals surface area contributed by atoms with Gasteiger partial charge in [-0.3, -0.25) is 0 Å². The van der Waals surface area contributed by atoms with Crippen molar-refractivity contribution in [1.29, 1.82) is 0 Å². The molecule has 0 aliphatic carbocycles. The second kappa shape index (κ2) is 4.37. The Morgan fingerprint density at radius 1 is 1.33 bits per heavy atom. The highest BCUT2D eigenvalue weighted by molar-refractivity contribution is 9.10. The highest BCUT2D eigenvalue weighted by Gasteiger charge is 2.04. The van der Waals surface area contributed by atoms with E-state index in [1.54, 1.807) is 10.9 Å². The van der Waals surface area contributed by atoms with Crippen LogP contribution in [0.2, 0.25) is 0 Å². The van der Waals surface area contributed by atoms with Crippen LogP contribution in [0.15, 0.2) is 39.4 Å². The number of hydrogen-bond acceptors (Lipinski definition) is 2. The Kier molecular flexibility index (Phi) is 3.11. The number of rotatable bonds is 2. The quantitative estimate of drug-likeness (QED) is 0.919. The molecule has 1 aromatic heterocycles. The number of aromatic nitrogens is 2. The molecule has 3 nitrogen and oxygen atoms in total. The number of benzene rings is 1. The zero-order valence-electron chi connectivity index (χ0n) is 7.82. The van der Waals surface area contributed by atoms with E-state index >= 15 is 0 Å². The molecule has 0 aliphatic heterocycles. The second-order valence-corrected chi connectivity index (χ2v) is 4.94. The van der Waals surface area contributed by atoms with Gasteiger partial charge in [0.2, 0.25) is 0 Å². The molecule has 2 rings (SSSR count). The first kappa shape index (κ1) is 10.7. The third-order valence-corrected chi connectivity index (χ3v) is 3.16. The maximum atomic E-state index is 5.83. The smallest absolute Gasteiger partial charge is 0.136 e. The summed E-state index contributed by atoms with van der Waals surface area (Å²) in [6.07, 6.45) is 1.70. The predicted molar refractivity (Wildman–Crippen MR) is 67.6 cm³/mol. The van der Waals surface area contributed by atoms with Crippen LogP contribution in [0, 0.1) is 0 Å². The lowest BCUT2D eigenvalue weighted by atomic mass is 10.2. The van der Waals surface area contributed by atoms with Crippen molar-refractivity contribution in [1.82, 2.24) is 9.78 Å². The number of hydrogen-bond donors (Lipinski definition) is 1. The van der Waals surface area contributed by atoms with Gasteiger partial charge in [0.05, 0.1) is 17.2 Å². The summed E-state index contributed by atoms with van der Waals surface area (Å²) < 4.78 is 3.65. The van der Waals surface area contributed by atoms with Crippen molar-refractivity contribution in [2.45, 2.75) is 6.54 Å². The molecule has 0 aliphatic rings. The lowest BCUT2D eigenvalue weighted by molar-refractivity contribution is 0.697. The molecule has 78 valence electrons. The Labute approximate surface area is 105 Å². The van der Waals surface area contributed by atoms with Crippen molar-refractivity contribution >= 4 is 37.7 Å². The van der Waals surface area contributed by atoms with Gasteiger partial charge in [-0.15, -0.1) is 0 Å². The Bertz CT molecular complexity index is 479. The summed E-state index contributed by atoms with van der Waals surface area (Å²) in [7, 11) is 0. The molecule has 0 unspecified atom stereocenters. The van der Waals surface area contributed by atoms with Gasteiger partial charge in [0, 0.05) is 4.47 Å². The Morgan fingerprint density at radius 3 is 2.73 bits per heavy atom. The van der Waals surface area contributed by atoms with Gasteiger partial charge in [-0.05, 0) is 33.6 Å². The summed E-state index contributed by atoms with van der Waals surface area (Å²) >= 11 is 6.76. The van der Waals surface area contributed by atoms with Crippen LogP contribution >= 0.6 is 31.9 Å². The number of halogens is 2. The number of anilines is 1. The monoisotopic (exact) mass is 329 g/mol. The van der Waals surface area contributed by atoms with Gasteiger partial charge in [-0.25, -0.2) is 4.68 Å². The van der Waals surface area contributed by atoms with E-state index in [0.29, 0.717) is 12.4 Å². The summed E-state index contributed by atoms with van der Waals surface area (Å²) in [6, 6.07) is 8.08. The average molecular weight is 331 g/mol. The van der Waals surface area contributed by atoms with Crippen molar-refractivity contribution in [3.8, 4) is 0 Å². The van der Waals surface area contributed by atoms with Crippen LogP contribution in [-0.2, 0) is 6.54 Å². The molecule has 0 spiro atoms. The van der Waals surface area contributed by atoms with Crippen molar-refractivity contribution in [2.75, 3.05) is 5.73 Å². The molecule has 0 radical (unpaired) electrons. The largest absolute Gasteiger partial charge is 0.383 e. The normalized spacial score (nSPS) is 10.5. The zero-order valence-corrected chi connectivity index (χ0v) is 11.0. The van der Waals surface area contributed by atoms with Gasteiger partial charge < -0.3 is 5.73 Å². The highest BCUT2D eigenvalue weighted by atomic mass is 79.9. The molecule has 2 aromatic rings. The van der Waals surface area contributed by atoms with E-state index in [9.17, 15) is 0 Å².